The smallest absolute Gasteiger partial charge is 0.242 e. The average molecular weight is 459 g/mol. The van der Waals surface area contributed by atoms with E-state index in [0.717, 1.165) is 11.3 Å². The average Bonchev–Trinajstić information content (AvgIpc) is 2.78. The maximum atomic E-state index is 12.3. The zero-order valence-corrected chi connectivity index (χ0v) is 19.9. The summed E-state index contributed by atoms with van der Waals surface area (Å²) in [5, 5.41) is 7.64. The third kappa shape index (κ3) is 6.12. The summed E-state index contributed by atoms with van der Waals surface area (Å²) in [7, 11) is -0.505. The number of rotatable bonds is 6. The molecule has 0 bridgehead atoms. The molecule has 8 heteroatoms. The molecule has 1 fully saturated rings. The van der Waals surface area contributed by atoms with Crippen molar-refractivity contribution in [2.75, 3.05) is 19.4 Å². The van der Waals surface area contributed by atoms with Crippen LogP contribution in [0.5, 0.6) is 0 Å². The second kappa shape index (κ2) is 10.3. The number of hydrazone groups is 1. The van der Waals surface area contributed by atoms with Crippen LogP contribution in [-0.4, -0.2) is 37.6 Å². The second-order valence-corrected chi connectivity index (χ2v) is 10.6. The molecule has 0 heterocycles. The number of anilines is 1. The molecule has 2 aromatic rings. The van der Waals surface area contributed by atoms with Crippen LogP contribution in [0.1, 0.15) is 56.1 Å². The summed E-state index contributed by atoms with van der Waals surface area (Å²) >= 11 is 5.31. The van der Waals surface area contributed by atoms with Crippen molar-refractivity contribution in [1.82, 2.24) is 9.73 Å². The molecule has 0 aliphatic heterocycles. The fourth-order valence-corrected chi connectivity index (χ4v) is 4.85. The van der Waals surface area contributed by atoms with E-state index in [2.05, 4.69) is 40.1 Å². The van der Waals surface area contributed by atoms with Gasteiger partial charge in [0.25, 0.3) is 0 Å². The highest BCUT2D eigenvalue weighted by Gasteiger charge is 2.17. The van der Waals surface area contributed by atoms with E-state index < -0.39 is 10.0 Å². The van der Waals surface area contributed by atoms with Crippen molar-refractivity contribution in [1.29, 1.82) is 0 Å². The lowest BCUT2D eigenvalue weighted by Gasteiger charge is -2.22. The van der Waals surface area contributed by atoms with Gasteiger partial charge < -0.3 is 5.32 Å². The zero-order chi connectivity index (χ0) is 22.4. The molecule has 1 aliphatic carbocycles. The fourth-order valence-electron chi connectivity index (χ4n) is 3.74. The third-order valence-corrected chi connectivity index (χ3v) is 7.61. The summed E-state index contributed by atoms with van der Waals surface area (Å²) in [6.07, 6.45) is 6.57. The van der Waals surface area contributed by atoms with Gasteiger partial charge in [0.1, 0.15) is 0 Å². The van der Waals surface area contributed by atoms with E-state index in [1.807, 2.05) is 6.92 Å². The van der Waals surface area contributed by atoms with Crippen LogP contribution >= 0.6 is 12.2 Å². The minimum Gasteiger partial charge on any atom is -0.331 e. The lowest BCUT2D eigenvalue weighted by molar-refractivity contribution is 0.443. The van der Waals surface area contributed by atoms with E-state index >= 15 is 0 Å². The molecule has 0 amide bonds. The first-order valence-electron chi connectivity index (χ1n) is 10.5. The molecule has 0 aromatic heterocycles. The second-order valence-electron chi connectivity index (χ2n) is 8.04. The van der Waals surface area contributed by atoms with Crippen molar-refractivity contribution < 1.29 is 8.42 Å². The van der Waals surface area contributed by atoms with Gasteiger partial charge in [-0.2, -0.15) is 5.10 Å². The summed E-state index contributed by atoms with van der Waals surface area (Å²) in [6, 6.07) is 15.1. The van der Waals surface area contributed by atoms with Crippen molar-refractivity contribution in [2.45, 2.75) is 49.8 Å². The van der Waals surface area contributed by atoms with Gasteiger partial charge in [-0.1, -0.05) is 49.6 Å². The number of sulfonamides is 1. The third-order valence-electron chi connectivity index (χ3n) is 5.60. The molecule has 2 N–H and O–H groups in total. The Bertz CT molecular complexity index is 1040. The molecule has 166 valence electrons. The highest BCUT2D eigenvalue weighted by molar-refractivity contribution is 7.89. The summed E-state index contributed by atoms with van der Waals surface area (Å²) in [6.45, 7) is 1.93. The van der Waals surface area contributed by atoms with Gasteiger partial charge in [-0.25, -0.2) is 12.7 Å². The molecule has 1 saturated carbocycles. The molecule has 6 nitrogen and oxygen atoms in total. The van der Waals surface area contributed by atoms with Crippen molar-refractivity contribution in [3.05, 3.63) is 59.7 Å². The normalized spacial score (nSPS) is 15.7. The van der Waals surface area contributed by atoms with Gasteiger partial charge in [0.05, 0.1) is 10.6 Å². The van der Waals surface area contributed by atoms with Crippen LogP contribution in [0.4, 0.5) is 5.69 Å². The van der Waals surface area contributed by atoms with Crippen LogP contribution < -0.4 is 10.7 Å². The molecule has 0 saturated heterocycles. The lowest BCUT2D eigenvalue weighted by Crippen LogP contribution is -2.25. The lowest BCUT2D eigenvalue weighted by atomic mass is 9.84. The van der Waals surface area contributed by atoms with Gasteiger partial charge in [0.15, 0.2) is 5.11 Å². The van der Waals surface area contributed by atoms with Crippen molar-refractivity contribution in [3.63, 3.8) is 0 Å². The molecule has 0 spiro atoms. The van der Waals surface area contributed by atoms with Crippen molar-refractivity contribution in [2.24, 2.45) is 5.10 Å². The monoisotopic (exact) mass is 458 g/mol. The van der Waals surface area contributed by atoms with Gasteiger partial charge in [0.2, 0.25) is 10.0 Å². The first-order chi connectivity index (χ1) is 14.8. The van der Waals surface area contributed by atoms with Gasteiger partial charge in [-0.15, -0.1) is 0 Å². The number of nitrogens with one attached hydrogen (secondary N) is 2. The van der Waals surface area contributed by atoms with Crippen molar-refractivity contribution in [3.8, 4) is 0 Å². The summed E-state index contributed by atoms with van der Waals surface area (Å²) in [5.74, 6) is 0.682. The van der Waals surface area contributed by atoms with Gasteiger partial charge in [-0.3, -0.25) is 5.43 Å². The Kier molecular flexibility index (Phi) is 7.80. The van der Waals surface area contributed by atoms with E-state index in [1.165, 1.54) is 56.1 Å². The molecule has 1 aliphatic rings. The standard InChI is InChI=1S/C23H30N4O2S2/c1-17(18-12-14-20(15-13-18)19-8-5-4-6-9-19)25-26-23(30)24-21-10-7-11-22(16-21)31(28,29)27(2)3/h7,10-16,19H,4-6,8-9H2,1-3H3,(H2,24,26,30)/b25-17-. The van der Waals surface area contributed by atoms with Crippen LogP contribution in [0, 0.1) is 0 Å². The Balaban J connectivity index is 1.61. The van der Waals surface area contributed by atoms with Crippen LogP contribution in [0.15, 0.2) is 58.5 Å². The molecule has 0 unspecified atom stereocenters. The first-order valence-corrected chi connectivity index (χ1v) is 12.4. The van der Waals surface area contributed by atoms with E-state index in [0.29, 0.717) is 11.6 Å². The summed E-state index contributed by atoms with van der Waals surface area (Å²) in [5.41, 5.74) is 6.68. The van der Waals surface area contributed by atoms with Gasteiger partial charge in [0, 0.05) is 19.8 Å². The Hall–Kier alpha value is -2.29. The van der Waals surface area contributed by atoms with E-state index in [9.17, 15) is 8.42 Å². The van der Waals surface area contributed by atoms with Crippen LogP contribution in [0.2, 0.25) is 0 Å². The quantitative estimate of drug-likeness (QED) is 0.373. The molecule has 0 atom stereocenters. The van der Waals surface area contributed by atoms with Crippen LogP contribution in [0.3, 0.4) is 0 Å². The SMILES string of the molecule is C/C(=N/NC(=S)Nc1cccc(S(=O)(=O)N(C)C)c1)c1ccc(C2CCCCC2)cc1. The zero-order valence-electron chi connectivity index (χ0n) is 18.3. The Morgan fingerprint density at radius 1 is 1.06 bits per heavy atom. The van der Waals surface area contributed by atoms with Gasteiger partial charge >= 0.3 is 0 Å². The maximum absolute atomic E-state index is 12.3. The molecule has 3 rings (SSSR count). The molecule has 0 radical (unpaired) electrons. The molecular formula is C23H30N4O2S2. The highest BCUT2D eigenvalue weighted by Crippen LogP contribution is 2.32. The maximum Gasteiger partial charge on any atom is 0.242 e. The van der Waals surface area contributed by atoms with E-state index in [-0.39, 0.29) is 10.0 Å². The number of benzene rings is 2. The number of nitrogens with zero attached hydrogens (tertiary/aromatic N) is 2. The number of hydrogen-bond donors (Lipinski definition) is 2. The molecule has 2 aromatic carbocycles. The number of hydrogen-bond acceptors (Lipinski definition) is 4. The minimum absolute atomic E-state index is 0.197. The Labute approximate surface area is 190 Å². The predicted octanol–water partition coefficient (Wildman–Crippen LogP) is 4.70. The minimum atomic E-state index is -3.51. The van der Waals surface area contributed by atoms with Crippen molar-refractivity contribution >= 4 is 38.8 Å². The van der Waals surface area contributed by atoms with E-state index in [4.69, 9.17) is 12.2 Å². The van der Waals surface area contributed by atoms with Crippen LogP contribution in [0.25, 0.3) is 0 Å². The highest BCUT2D eigenvalue weighted by atomic mass is 32.2. The predicted molar refractivity (Wildman–Crippen MR) is 131 cm³/mol. The molecular weight excluding hydrogens is 428 g/mol. The first kappa shape index (κ1) is 23.4. The van der Waals surface area contributed by atoms with E-state index in [1.54, 1.807) is 24.3 Å². The van der Waals surface area contributed by atoms with Gasteiger partial charge in [-0.05, 0) is 67.2 Å². The van der Waals surface area contributed by atoms with Crippen LogP contribution in [-0.2, 0) is 10.0 Å². The summed E-state index contributed by atoms with van der Waals surface area (Å²) < 4.78 is 25.8. The Morgan fingerprint density at radius 2 is 1.74 bits per heavy atom. The fraction of sp³-hybridized carbons (Fsp3) is 0.391. The summed E-state index contributed by atoms with van der Waals surface area (Å²) in [4.78, 5) is 0.197. The molecule has 31 heavy (non-hydrogen) atoms. The largest absolute Gasteiger partial charge is 0.331 e. The Morgan fingerprint density at radius 3 is 2.39 bits per heavy atom. The topological polar surface area (TPSA) is 73.8 Å². The number of thiocarbonyl (C=S) groups is 1.